The highest BCUT2D eigenvalue weighted by atomic mass is 16.4. The summed E-state index contributed by atoms with van der Waals surface area (Å²) in [7, 11) is 0. The smallest absolute Gasteiger partial charge is 0.326 e. The van der Waals surface area contributed by atoms with E-state index in [1.165, 1.54) is 0 Å². The highest BCUT2D eigenvalue weighted by Gasteiger charge is 2.20. The number of carbonyl (C=O) groups is 1. The number of hydrogen-bond donors (Lipinski definition) is 2. The molecule has 0 aromatic heterocycles. The van der Waals surface area contributed by atoms with E-state index in [0.29, 0.717) is 13.0 Å². The molecule has 4 nitrogen and oxygen atoms in total. The molecule has 0 aliphatic rings. The zero-order valence-corrected chi connectivity index (χ0v) is 12.9. The lowest BCUT2D eigenvalue weighted by atomic mass is 10.1. The third kappa shape index (κ3) is 8.75. The van der Waals surface area contributed by atoms with Gasteiger partial charge in [-0.2, -0.15) is 0 Å². The summed E-state index contributed by atoms with van der Waals surface area (Å²) < 4.78 is 0. The van der Waals surface area contributed by atoms with E-state index in [4.69, 9.17) is 5.73 Å². The Balaban J connectivity index is 4.74. The van der Waals surface area contributed by atoms with Gasteiger partial charge in [0.05, 0.1) is 0 Å². The number of hydrogen-bond acceptors (Lipinski definition) is 3. The number of rotatable bonds is 12. The molecule has 0 amide bonds. The fourth-order valence-corrected chi connectivity index (χ4v) is 1.87. The molecule has 20 heavy (non-hydrogen) atoms. The van der Waals surface area contributed by atoms with E-state index in [9.17, 15) is 9.90 Å². The Morgan fingerprint density at radius 1 is 1.15 bits per heavy atom. The topological polar surface area (TPSA) is 66.6 Å². The molecule has 0 heterocycles. The summed E-state index contributed by atoms with van der Waals surface area (Å²) in [5.41, 5.74) is 5.47. The average Bonchev–Trinajstić information content (AvgIpc) is 2.42. The Bertz CT molecular complexity index is 285. The number of allylic oxidation sites excluding steroid dienone is 2. The molecule has 0 saturated carbocycles. The van der Waals surface area contributed by atoms with Gasteiger partial charge in [-0.25, -0.2) is 4.79 Å². The second kappa shape index (κ2) is 12.7. The van der Waals surface area contributed by atoms with Crippen molar-refractivity contribution in [3.05, 3.63) is 24.6 Å². The van der Waals surface area contributed by atoms with E-state index < -0.39 is 12.0 Å². The fourth-order valence-electron chi connectivity index (χ4n) is 1.87. The summed E-state index contributed by atoms with van der Waals surface area (Å²) in [5.74, 6) is -0.774. The lowest BCUT2D eigenvalue weighted by Crippen LogP contribution is -2.34. The van der Waals surface area contributed by atoms with Gasteiger partial charge in [0.1, 0.15) is 6.04 Å². The summed E-state index contributed by atoms with van der Waals surface area (Å²) in [5, 5.41) is 9.42. The number of nitrogens with zero attached hydrogens (tertiary/aromatic N) is 1. The van der Waals surface area contributed by atoms with Crippen molar-refractivity contribution < 1.29 is 9.90 Å². The van der Waals surface area contributed by atoms with Gasteiger partial charge in [-0.1, -0.05) is 38.8 Å². The predicted molar refractivity (Wildman–Crippen MR) is 84.3 cm³/mol. The summed E-state index contributed by atoms with van der Waals surface area (Å²) in [6.45, 7) is 4.83. The van der Waals surface area contributed by atoms with Gasteiger partial charge in [-0.15, -0.1) is 0 Å². The average molecular weight is 282 g/mol. The van der Waals surface area contributed by atoms with Gasteiger partial charge in [0.15, 0.2) is 0 Å². The SMILES string of the molecule is CCCC=CN(C=CCCC)[C@@H](CCCCN)C(=O)O. The molecule has 0 saturated heterocycles. The Labute approximate surface area is 123 Å². The van der Waals surface area contributed by atoms with Crippen LogP contribution in [-0.4, -0.2) is 28.6 Å². The molecular formula is C16H30N2O2. The standard InChI is InChI=1S/C16H30N2O2/c1-3-5-9-13-18(14-10-6-4-2)15(16(19)20)11-7-8-12-17/h9-10,13-15H,3-8,11-12,17H2,1-2H3,(H,19,20)/t15-/m0/s1. The van der Waals surface area contributed by atoms with Crippen LogP contribution in [0.3, 0.4) is 0 Å². The summed E-state index contributed by atoms with van der Waals surface area (Å²) >= 11 is 0. The molecule has 116 valence electrons. The van der Waals surface area contributed by atoms with Crippen molar-refractivity contribution in [2.75, 3.05) is 6.54 Å². The molecule has 1 atom stereocenters. The highest BCUT2D eigenvalue weighted by molar-refractivity contribution is 5.73. The number of nitrogens with two attached hydrogens (primary N) is 1. The van der Waals surface area contributed by atoms with Gasteiger partial charge >= 0.3 is 5.97 Å². The van der Waals surface area contributed by atoms with E-state index in [0.717, 1.165) is 38.5 Å². The molecular weight excluding hydrogens is 252 g/mol. The van der Waals surface area contributed by atoms with Gasteiger partial charge in [0.25, 0.3) is 0 Å². The van der Waals surface area contributed by atoms with E-state index in [1.807, 2.05) is 29.5 Å². The maximum Gasteiger partial charge on any atom is 0.326 e. The minimum atomic E-state index is -0.774. The van der Waals surface area contributed by atoms with Gasteiger partial charge in [-0.3, -0.25) is 0 Å². The summed E-state index contributed by atoms with van der Waals surface area (Å²) in [4.78, 5) is 13.3. The normalized spacial score (nSPS) is 13.2. The highest BCUT2D eigenvalue weighted by Crippen LogP contribution is 2.12. The summed E-state index contributed by atoms with van der Waals surface area (Å²) in [6.07, 6.45) is 14.3. The Morgan fingerprint density at radius 3 is 2.10 bits per heavy atom. The zero-order chi connectivity index (χ0) is 15.2. The van der Waals surface area contributed by atoms with E-state index in [-0.39, 0.29) is 0 Å². The van der Waals surface area contributed by atoms with E-state index >= 15 is 0 Å². The van der Waals surface area contributed by atoms with Crippen LogP contribution >= 0.6 is 0 Å². The maximum atomic E-state index is 11.5. The molecule has 0 radical (unpaired) electrons. The first-order chi connectivity index (χ1) is 9.67. The first kappa shape index (κ1) is 18.7. The number of carboxylic acid groups (broad SMARTS) is 1. The monoisotopic (exact) mass is 282 g/mol. The number of carboxylic acids is 1. The third-order valence-electron chi connectivity index (χ3n) is 3.04. The lowest BCUT2D eigenvalue weighted by molar-refractivity contribution is -0.141. The molecule has 0 rings (SSSR count). The Morgan fingerprint density at radius 2 is 1.70 bits per heavy atom. The largest absolute Gasteiger partial charge is 0.480 e. The van der Waals surface area contributed by atoms with Crippen molar-refractivity contribution in [2.45, 2.75) is 64.8 Å². The second-order valence-corrected chi connectivity index (χ2v) is 4.93. The quantitative estimate of drug-likeness (QED) is 0.538. The second-order valence-electron chi connectivity index (χ2n) is 4.93. The molecule has 3 N–H and O–H groups in total. The predicted octanol–water partition coefficient (Wildman–Crippen LogP) is 3.50. The van der Waals surface area contributed by atoms with Crippen molar-refractivity contribution in [2.24, 2.45) is 5.73 Å². The maximum absolute atomic E-state index is 11.5. The van der Waals surface area contributed by atoms with Crippen LogP contribution in [0.4, 0.5) is 0 Å². The van der Waals surface area contributed by atoms with Crippen LogP contribution in [-0.2, 0) is 4.79 Å². The molecule has 0 bridgehead atoms. The van der Waals surface area contributed by atoms with E-state index in [2.05, 4.69) is 13.8 Å². The van der Waals surface area contributed by atoms with Gasteiger partial charge < -0.3 is 15.7 Å². The van der Waals surface area contributed by atoms with Crippen LogP contribution in [0, 0.1) is 0 Å². The van der Waals surface area contributed by atoms with Crippen LogP contribution in [0.2, 0.25) is 0 Å². The lowest BCUT2D eigenvalue weighted by Gasteiger charge is -2.24. The van der Waals surface area contributed by atoms with Crippen LogP contribution < -0.4 is 5.73 Å². The molecule has 0 unspecified atom stereocenters. The van der Waals surface area contributed by atoms with E-state index in [1.54, 1.807) is 0 Å². The number of unbranched alkanes of at least 4 members (excludes halogenated alkanes) is 3. The van der Waals surface area contributed by atoms with Crippen LogP contribution in [0.15, 0.2) is 24.6 Å². The molecule has 0 fully saturated rings. The van der Waals surface area contributed by atoms with Crippen molar-refractivity contribution in [1.29, 1.82) is 0 Å². The van der Waals surface area contributed by atoms with Crippen molar-refractivity contribution in [3.8, 4) is 0 Å². The molecule has 4 heteroatoms. The Kier molecular flexibility index (Phi) is 11.9. The molecule has 0 aliphatic carbocycles. The minimum absolute atomic E-state index is 0.497. The van der Waals surface area contributed by atoms with Gasteiger partial charge in [0, 0.05) is 12.4 Å². The Hall–Kier alpha value is -1.29. The number of aliphatic carboxylic acids is 1. The summed E-state index contributed by atoms with van der Waals surface area (Å²) in [6, 6.07) is -0.497. The first-order valence-corrected chi connectivity index (χ1v) is 7.70. The molecule has 0 spiro atoms. The van der Waals surface area contributed by atoms with Crippen molar-refractivity contribution in [3.63, 3.8) is 0 Å². The van der Waals surface area contributed by atoms with Crippen molar-refractivity contribution >= 4 is 5.97 Å². The fraction of sp³-hybridized carbons (Fsp3) is 0.688. The van der Waals surface area contributed by atoms with Crippen LogP contribution in [0.1, 0.15) is 58.8 Å². The minimum Gasteiger partial charge on any atom is -0.480 e. The first-order valence-electron chi connectivity index (χ1n) is 7.70. The van der Waals surface area contributed by atoms with Crippen LogP contribution in [0.25, 0.3) is 0 Å². The van der Waals surface area contributed by atoms with Crippen LogP contribution in [0.5, 0.6) is 0 Å². The zero-order valence-electron chi connectivity index (χ0n) is 12.9. The van der Waals surface area contributed by atoms with Gasteiger partial charge in [-0.05, 0) is 38.6 Å². The molecule has 0 aliphatic heterocycles. The third-order valence-corrected chi connectivity index (χ3v) is 3.04. The molecule has 0 aromatic carbocycles. The van der Waals surface area contributed by atoms with Crippen molar-refractivity contribution in [1.82, 2.24) is 4.90 Å². The van der Waals surface area contributed by atoms with Gasteiger partial charge in [0.2, 0.25) is 0 Å². The molecule has 0 aromatic rings.